The number of benzene rings is 1. The number of amides is 1. The van der Waals surface area contributed by atoms with E-state index < -0.39 is 5.97 Å². The van der Waals surface area contributed by atoms with E-state index in [1.54, 1.807) is 24.3 Å². The van der Waals surface area contributed by atoms with Crippen LogP contribution in [0.4, 0.5) is 0 Å². The number of ether oxygens (including phenoxy) is 1. The van der Waals surface area contributed by atoms with Crippen molar-refractivity contribution in [3.05, 3.63) is 35.4 Å². The Balaban J connectivity index is 3.03. The van der Waals surface area contributed by atoms with Crippen molar-refractivity contribution in [1.82, 2.24) is 5.32 Å². The van der Waals surface area contributed by atoms with Crippen molar-refractivity contribution >= 4 is 11.9 Å². The Morgan fingerprint density at radius 2 is 1.75 bits per heavy atom. The van der Waals surface area contributed by atoms with Crippen LogP contribution < -0.4 is 5.32 Å². The van der Waals surface area contributed by atoms with Gasteiger partial charge in [0.15, 0.2) is 0 Å². The van der Waals surface area contributed by atoms with Gasteiger partial charge in [0, 0.05) is 6.04 Å². The summed E-state index contributed by atoms with van der Waals surface area (Å²) in [5.41, 5.74) is 0.617. The minimum Gasteiger partial charge on any atom is -0.465 e. The lowest BCUT2D eigenvalue weighted by molar-refractivity contribution is 0.0596. The first-order valence-corrected chi connectivity index (χ1v) is 5.04. The Morgan fingerprint density at radius 3 is 2.25 bits per heavy atom. The summed E-state index contributed by atoms with van der Waals surface area (Å²) in [4.78, 5) is 23.2. The molecule has 0 atom stereocenters. The molecule has 16 heavy (non-hydrogen) atoms. The molecule has 0 bridgehead atoms. The number of rotatable bonds is 3. The highest BCUT2D eigenvalue weighted by Gasteiger charge is 2.16. The lowest BCUT2D eigenvalue weighted by atomic mass is 10.1. The Kier molecular flexibility index (Phi) is 4.05. The maximum atomic E-state index is 11.8. The highest BCUT2D eigenvalue weighted by molar-refractivity contribution is 6.05. The molecule has 1 N–H and O–H groups in total. The number of nitrogens with one attached hydrogen (secondary N) is 1. The van der Waals surface area contributed by atoms with Crippen LogP contribution >= 0.6 is 0 Å². The number of hydrogen-bond donors (Lipinski definition) is 1. The van der Waals surface area contributed by atoms with E-state index in [9.17, 15) is 9.59 Å². The van der Waals surface area contributed by atoms with Crippen LogP contribution in [0.5, 0.6) is 0 Å². The maximum Gasteiger partial charge on any atom is 0.338 e. The van der Waals surface area contributed by atoms with Crippen LogP contribution in [0.25, 0.3) is 0 Å². The molecule has 0 saturated heterocycles. The monoisotopic (exact) mass is 221 g/mol. The number of carbonyl (C=O) groups is 2. The summed E-state index contributed by atoms with van der Waals surface area (Å²) < 4.78 is 4.61. The van der Waals surface area contributed by atoms with Crippen molar-refractivity contribution in [2.24, 2.45) is 0 Å². The lowest BCUT2D eigenvalue weighted by Gasteiger charge is -2.10. The van der Waals surface area contributed by atoms with Crippen molar-refractivity contribution < 1.29 is 14.3 Å². The summed E-state index contributed by atoms with van der Waals surface area (Å²) in [7, 11) is 1.29. The predicted octanol–water partition coefficient (Wildman–Crippen LogP) is 1.61. The molecule has 0 heterocycles. The summed E-state index contributed by atoms with van der Waals surface area (Å²) in [5, 5.41) is 2.73. The molecule has 0 aromatic heterocycles. The average Bonchev–Trinajstić information content (AvgIpc) is 2.27. The third kappa shape index (κ3) is 2.82. The molecule has 1 aromatic rings. The number of carbonyl (C=O) groups excluding carboxylic acids is 2. The van der Waals surface area contributed by atoms with Gasteiger partial charge in [-0.1, -0.05) is 12.1 Å². The predicted molar refractivity (Wildman–Crippen MR) is 60.4 cm³/mol. The quantitative estimate of drug-likeness (QED) is 0.789. The Bertz CT molecular complexity index is 399. The summed E-state index contributed by atoms with van der Waals surface area (Å²) in [6.07, 6.45) is 0. The Hall–Kier alpha value is -1.84. The zero-order chi connectivity index (χ0) is 12.1. The molecule has 1 amide bonds. The van der Waals surface area contributed by atoms with Gasteiger partial charge in [-0.25, -0.2) is 4.79 Å². The maximum absolute atomic E-state index is 11.8. The molecule has 4 heteroatoms. The van der Waals surface area contributed by atoms with Crippen molar-refractivity contribution in [1.29, 1.82) is 0 Å². The zero-order valence-electron chi connectivity index (χ0n) is 9.61. The Morgan fingerprint density at radius 1 is 1.19 bits per heavy atom. The summed E-state index contributed by atoms with van der Waals surface area (Å²) >= 11 is 0. The minimum atomic E-state index is -0.505. The second-order valence-corrected chi connectivity index (χ2v) is 3.67. The molecule has 0 unspecified atom stereocenters. The van der Waals surface area contributed by atoms with Gasteiger partial charge in [-0.15, -0.1) is 0 Å². The molecule has 0 aliphatic heterocycles. The first kappa shape index (κ1) is 12.2. The normalized spacial score (nSPS) is 10.0. The molecule has 86 valence electrons. The minimum absolute atomic E-state index is 0.0261. The van der Waals surface area contributed by atoms with E-state index in [2.05, 4.69) is 10.1 Å². The van der Waals surface area contributed by atoms with E-state index in [-0.39, 0.29) is 17.5 Å². The first-order chi connectivity index (χ1) is 7.56. The van der Waals surface area contributed by atoms with Gasteiger partial charge in [0.2, 0.25) is 0 Å². The van der Waals surface area contributed by atoms with E-state index >= 15 is 0 Å². The van der Waals surface area contributed by atoms with Crippen molar-refractivity contribution in [2.75, 3.05) is 7.11 Å². The molecule has 0 spiro atoms. The van der Waals surface area contributed by atoms with Gasteiger partial charge in [0.1, 0.15) is 0 Å². The third-order valence-electron chi connectivity index (χ3n) is 2.00. The second-order valence-electron chi connectivity index (χ2n) is 3.67. The van der Waals surface area contributed by atoms with Crippen LogP contribution in [-0.4, -0.2) is 25.0 Å². The SMILES string of the molecule is COC(=O)c1ccccc1C(=O)NC(C)C. The van der Waals surface area contributed by atoms with E-state index in [0.29, 0.717) is 5.56 Å². The van der Waals surface area contributed by atoms with Crippen LogP contribution in [0.15, 0.2) is 24.3 Å². The highest BCUT2D eigenvalue weighted by Crippen LogP contribution is 2.10. The topological polar surface area (TPSA) is 55.4 Å². The second kappa shape index (κ2) is 5.30. The first-order valence-electron chi connectivity index (χ1n) is 5.04. The number of methoxy groups -OCH3 is 1. The van der Waals surface area contributed by atoms with E-state index in [0.717, 1.165) is 0 Å². The molecule has 1 rings (SSSR count). The van der Waals surface area contributed by atoms with Gasteiger partial charge in [-0.05, 0) is 26.0 Å². The number of esters is 1. The molecular weight excluding hydrogens is 206 g/mol. The fourth-order valence-corrected chi connectivity index (χ4v) is 1.31. The fourth-order valence-electron chi connectivity index (χ4n) is 1.31. The molecule has 0 radical (unpaired) electrons. The molecule has 0 fully saturated rings. The number of hydrogen-bond acceptors (Lipinski definition) is 3. The molecule has 0 aliphatic rings. The van der Waals surface area contributed by atoms with Crippen LogP contribution in [0.2, 0.25) is 0 Å². The van der Waals surface area contributed by atoms with Gasteiger partial charge in [-0.3, -0.25) is 4.79 Å². The van der Waals surface area contributed by atoms with Crippen molar-refractivity contribution in [2.45, 2.75) is 19.9 Å². The molecule has 1 aromatic carbocycles. The van der Waals surface area contributed by atoms with Gasteiger partial charge in [-0.2, -0.15) is 0 Å². The largest absolute Gasteiger partial charge is 0.465 e. The van der Waals surface area contributed by atoms with E-state index in [1.165, 1.54) is 7.11 Å². The zero-order valence-corrected chi connectivity index (χ0v) is 9.61. The molecule has 4 nitrogen and oxygen atoms in total. The van der Waals surface area contributed by atoms with Crippen LogP contribution in [0, 0.1) is 0 Å². The van der Waals surface area contributed by atoms with Crippen LogP contribution in [0.3, 0.4) is 0 Å². The van der Waals surface area contributed by atoms with Gasteiger partial charge in [0.25, 0.3) is 5.91 Å². The van der Waals surface area contributed by atoms with Gasteiger partial charge >= 0.3 is 5.97 Å². The summed E-state index contributed by atoms with van der Waals surface area (Å²) in [5.74, 6) is -0.773. The van der Waals surface area contributed by atoms with Gasteiger partial charge < -0.3 is 10.1 Å². The lowest BCUT2D eigenvalue weighted by Crippen LogP contribution is -2.31. The Labute approximate surface area is 94.6 Å². The summed E-state index contributed by atoms with van der Waals surface area (Å²) in [6, 6.07) is 6.60. The van der Waals surface area contributed by atoms with Gasteiger partial charge in [0.05, 0.1) is 18.2 Å². The molecule has 0 aliphatic carbocycles. The van der Waals surface area contributed by atoms with Crippen molar-refractivity contribution in [3.63, 3.8) is 0 Å². The summed E-state index contributed by atoms with van der Waals surface area (Å²) in [6.45, 7) is 3.72. The van der Waals surface area contributed by atoms with Crippen LogP contribution in [0.1, 0.15) is 34.6 Å². The van der Waals surface area contributed by atoms with E-state index in [4.69, 9.17) is 0 Å². The average molecular weight is 221 g/mol. The van der Waals surface area contributed by atoms with E-state index in [1.807, 2.05) is 13.8 Å². The smallest absolute Gasteiger partial charge is 0.338 e. The fraction of sp³-hybridized carbons (Fsp3) is 0.333. The molecule has 0 saturated carbocycles. The standard InChI is InChI=1S/C12H15NO3/c1-8(2)13-11(14)9-6-4-5-7-10(9)12(15)16-3/h4-8H,1-3H3,(H,13,14). The van der Waals surface area contributed by atoms with Crippen LogP contribution in [-0.2, 0) is 4.74 Å². The highest BCUT2D eigenvalue weighted by atomic mass is 16.5. The molecular formula is C12H15NO3. The third-order valence-corrected chi connectivity index (χ3v) is 2.00. The van der Waals surface area contributed by atoms with Crippen molar-refractivity contribution in [3.8, 4) is 0 Å².